The lowest BCUT2D eigenvalue weighted by atomic mass is 9.88. The monoisotopic (exact) mass is 409 g/mol. The number of sulfonamides is 1. The molecule has 4 aromatic rings. The van der Waals surface area contributed by atoms with Crippen molar-refractivity contribution in [2.24, 2.45) is 5.92 Å². The Morgan fingerprint density at radius 2 is 1.76 bits per heavy atom. The van der Waals surface area contributed by atoms with Gasteiger partial charge in [-0.05, 0) is 49.1 Å². The highest BCUT2D eigenvalue weighted by atomic mass is 32.2. The molecule has 0 amide bonds. The highest BCUT2D eigenvalue weighted by Gasteiger charge is 2.25. The molecule has 148 valence electrons. The van der Waals surface area contributed by atoms with Crippen molar-refractivity contribution in [2.45, 2.75) is 31.1 Å². The Bertz CT molecular complexity index is 1340. The third-order valence-electron chi connectivity index (χ3n) is 5.67. The van der Waals surface area contributed by atoms with E-state index in [2.05, 4.69) is 11.6 Å². The Balaban J connectivity index is 1.69. The average molecular weight is 409 g/mol. The van der Waals surface area contributed by atoms with Crippen molar-refractivity contribution in [2.75, 3.05) is 4.72 Å². The number of aryl methyl sites for hydroxylation is 1. The Labute approximate surface area is 168 Å². The van der Waals surface area contributed by atoms with Gasteiger partial charge in [0.1, 0.15) is 17.2 Å². The van der Waals surface area contributed by atoms with Crippen LogP contribution in [0.4, 0.5) is 10.1 Å². The number of benzene rings is 3. The molecule has 3 aromatic carbocycles. The van der Waals surface area contributed by atoms with Gasteiger partial charge in [0.2, 0.25) is 0 Å². The first-order chi connectivity index (χ1) is 13.9. The summed E-state index contributed by atoms with van der Waals surface area (Å²) in [5, 5.41) is 2.61. The molecule has 6 heteroatoms. The van der Waals surface area contributed by atoms with E-state index in [1.165, 1.54) is 17.7 Å². The third-order valence-corrected chi connectivity index (χ3v) is 7.05. The first-order valence-corrected chi connectivity index (χ1v) is 11.1. The van der Waals surface area contributed by atoms with Gasteiger partial charge in [-0.1, -0.05) is 31.2 Å². The number of rotatable bonds is 3. The van der Waals surface area contributed by atoms with E-state index < -0.39 is 15.8 Å². The van der Waals surface area contributed by atoms with Crippen molar-refractivity contribution in [1.29, 1.82) is 0 Å². The van der Waals surface area contributed by atoms with Gasteiger partial charge < -0.3 is 4.42 Å². The van der Waals surface area contributed by atoms with E-state index in [-0.39, 0.29) is 4.90 Å². The van der Waals surface area contributed by atoms with E-state index >= 15 is 0 Å². The quantitative estimate of drug-likeness (QED) is 0.476. The molecule has 1 heterocycles. The molecule has 0 bridgehead atoms. The Kier molecular flexibility index (Phi) is 4.13. The zero-order valence-corrected chi connectivity index (χ0v) is 16.7. The Hall–Kier alpha value is -2.86. The second-order valence-electron chi connectivity index (χ2n) is 7.76. The summed E-state index contributed by atoms with van der Waals surface area (Å²) in [6.07, 6.45) is 2.91. The van der Waals surface area contributed by atoms with E-state index in [0.29, 0.717) is 11.6 Å². The lowest BCUT2D eigenvalue weighted by Gasteiger charge is -2.16. The molecule has 1 atom stereocenters. The van der Waals surface area contributed by atoms with Gasteiger partial charge in [0.15, 0.2) is 0 Å². The molecular formula is C23H20FNO3S. The number of hydrogen-bond donors (Lipinski definition) is 1. The minimum atomic E-state index is -3.85. The summed E-state index contributed by atoms with van der Waals surface area (Å²) >= 11 is 0. The van der Waals surface area contributed by atoms with Gasteiger partial charge in [0.05, 0.1) is 10.6 Å². The zero-order valence-electron chi connectivity index (χ0n) is 15.9. The van der Waals surface area contributed by atoms with Crippen LogP contribution in [0.15, 0.2) is 63.9 Å². The number of furan rings is 1. The number of anilines is 1. The fraction of sp³-hybridized carbons (Fsp3) is 0.217. The predicted molar refractivity (Wildman–Crippen MR) is 112 cm³/mol. The first-order valence-electron chi connectivity index (χ1n) is 9.67. The molecule has 5 rings (SSSR count). The van der Waals surface area contributed by atoms with Crippen LogP contribution in [0.3, 0.4) is 0 Å². The number of fused-ring (bicyclic) bond motifs is 5. The summed E-state index contributed by atoms with van der Waals surface area (Å²) in [7, 11) is -3.85. The molecule has 0 aliphatic heterocycles. The molecule has 1 aliphatic rings. The Morgan fingerprint density at radius 3 is 2.52 bits per heavy atom. The van der Waals surface area contributed by atoms with Crippen LogP contribution in [0.2, 0.25) is 0 Å². The van der Waals surface area contributed by atoms with Crippen molar-refractivity contribution in [1.82, 2.24) is 0 Å². The molecule has 0 fully saturated rings. The predicted octanol–water partition coefficient (Wildman–Crippen LogP) is 5.65. The van der Waals surface area contributed by atoms with Gasteiger partial charge in [0, 0.05) is 28.1 Å². The topological polar surface area (TPSA) is 59.3 Å². The maximum absolute atomic E-state index is 13.2. The van der Waals surface area contributed by atoms with E-state index in [1.807, 2.05) is 30.3 Å². The van der Waals surface area contributed by atoms with Gasteiger partial charge in [-0.2, -0.15) is 0 Å². The fourth-order valence-corrected chi connectivity index (χ4v) is 5.24. The van der Waals surface area contributed by atoms with Gasteiger partial charge in [-0.3, -0.25) is 4.72 Å². The molecule has 29 heavy (non-hydrogen) atoms. The molecular weight excluding hydrogens is 389 g/mol. The SMILES string of the molecule is CC1CCc2c(oc3c2cc(NS(=O)(=O)c2ccc(F)cc2)c2ccccc23)C1. The summed E-state index contributed by atoms with van der Waals surface area (Å²) in [4.78, 5) is 0.0196. The van der Waals surface area contributed by atoms with Gasteiger partial charge >= 0.3 is 0 Å². The normalized spacial score (nSPS) is 16.8. The highest BCUT2D eigenvalue weighted by Crippen LogP contribution is 2.40. The van der Waals surface area contributed by atoms with Crippen LogP contribution in [-0.2, 0) is 22.9 Å². The number of halogens is 1. The number of hydrogen-bond acceptors (Lipinski definition) is 3. The lowest BCUT2D eigenvalue weighted by molar-refractivity contribution is 0.427. The molecule has 0 radical (unpaired) electrons. The summed E-state index contributed by atoms with van der Waals surface area (Å²) < 4.78 is 48.0. The van der Waals surface area contributed by atoms with Crippen molar-refractivity contribution in [3.05, 3.63) is 71.7 Å². The summed E-state index contributed by atoms with van der Waals surface area (Å²) in [6.45, 7) is 2.22. The maximum atomic E-state index is 13.2. The molecule has 1 aliphatic carbocycles. The van der Waals surface area contributed by atoms with E-state index in [9.17, 15) is 12.8 Å². The zero-order chi connectivity index (χ0) is 20.2. The molecule has 1 unspecified atom stereocenters. The van der Waals surface area contributed by atoms with Gasteiger partial charge in [-0.25, -0.2) is 12.8 Å². The van der Waals surface area contributed by atoms with Crippen LogP contribution in [0, 0.1) is 11.7 Å². The van der Waals surface area contributed by atoms with Gasteiger partial charge in [-0.15, -0.1) is 0 Å². The third kappa shape index (κ3) is 3.08. The van der Waals surface area contributed by atoms with Crippen LogP contribution < -0.4 is 4.72 Å². The molecule has 0 spiro atoms. The van der Waals surface area contributed by atoms with Gasteiger partial charge in [0.25, 0.3) is 10.0 Å². The van der Waals surface area contributed by atoms with E-state index in [0.717, 1.165) is 58.9 Å². The van der Waals surface area contributed by atoms with E-state index in [4.69, 9.17) is 4.42 Å². The minimum absolute atomic E-state index is 0.0196. The summed E-state index contributed by atoms with van der Waals surface area (Å²) in [5.41, 5.74) is 2.48. The van der Waals surface area contributed by atoms with Crippen LogP contribution in [0.1, 0.15) is 24.7 Å². The number of nitrogens with one attached hydrogen (secondary N) is 1. The molecule has 0 saturated carbocycles. The summed E-state index contributed by atoms with van der Waals surface area (Å²) in [5.74, 6) is 1.10. The second kappa shape index (κ2) is 6.59. The molecule has 1 aromatic heterocycles. The van der Waals surface area contributed by atoms with E-state index in [1.54, 1.807) is 0 Å². The van der Waals surface area contributed by atoms with Crippen molar-refractivity contribution in [3.63, 3.8) is 0 Å². The van der Waals surface area contributed by atoms with Crippen LogP contribution in [0.5, 0.6) is 0 Å². The molecule has 1 N–H and O–H groups in total. The Morgan fingerprint density at radius 1 is 1.03 bits per heavy atom. The average Bonchev–Trinajstić information content (AvgIpc) is 3.06. The smallest absolute Gasteiger partial charge is 0.261 e. The highest BCUT2D eigenvalue weighted by molar-refractivity contribution is 7.92. The van der Waals surface area contributed by atoms with Crippen molar-refractivity contribution >= 4 is 37.5 Å². The lowest BCUT2D eigenvalue weighted by Crippen LogP contribution is -2.13. The maximum Gasteiger partial charge on any atom is 0.261 e. The van der Waals surface area contributed by atoms with Crippen LogP contribution in [0.25, 0.3) is 21.7 Å². The molecule has 4 nitrogen and oxygen atoms in total. The summed E-state index contributed by atoms with van der Waals surface area (Å²) in [6, 6.07) is 14.3. The first kappa shape index (κ1) is 18.2. The largest absolute Gasteiger partial charge is 0.460 e. The van der Waals surface area contributed by atoms with Crippen molar-refractivity contribution in [3.8, 4) is 0 Å². The standard InChI is InChI=1S/C23H20FNO3S/c1-14-6-11-18-20-13-21(25-29(26,27)16-9-7-15(24)8-10-16)17-4-2-3-5-19(17)23(20)28-22(18)12-14/h2-5,7-10,13-14,25H,6,11-12H2,1H3. The van der Waals surface area contributed by atoms with Crippen LogP contribution >= 0.6 is 0 Å². The van der Waals surface area contributed by atoms with Crippen LogP contribution in [-0.4, -0.2) is 8.42 Å². The molecule has 0 saturated heterocycles. The second-order valence-corrected chi connectivity index (χ2v) is 9.44. The van der Waals surface area contributed by atoms with Crippen molar-refractivity contribution < 1.29 is 17.2 Å². The fourth-order valence-electron chi connectivity index (χ4n) is 4.17. The minimum Gasteiger partial charge on any atom is -0.460 e.